The zero-order valence-electron chi connectivity index (χ0n) is 10.7. The van der Waals surface area contributed by atoms with E-state index in [1.807, 2.05) is 31.2 Å². The molecular weight excluding hydrogens is 230 g/mol. The molecule has 0 heterocycles. The topological polar surface area (TPSA) is 58.6 Å². The van der Waals surface area contributed by atoms with Crippen molar-refractivity contribution in [2.45, 2.75) is 31.8 Å². The Balaban J connectivity index is 2.05. The predicted octanol–water partition coefficient (Wildman–Crippen LogP) is 2.21. The lowest BCUT2D eigenvalue weighted by atomic mass is 10.1. The summed E-state index contributed by atoms with van der Waals surface area (Å²) in [4.78, 5) is 11.2. The first kappa shape index (κ1) is 12.9. The fraction of sp³-hybridized carbons (Fsp3) is 0.500. The fourth-order valence-corrected chi connectivity index (χ4v) is 2.11. The van der Waals surface area contributed by atoms with Crippen molar-refractivity contribution in [1.82, 2.24) is 5.32 Å². The van der Waals surface area contributed by atoms with Gasteiger partial charge < -0.3 is 9.84 Å². The monoisotopic (exact) mass is 249 g/mol. The molecule has 1 saturated carbocycles. The van der Waals surface area contributed by atoms with Gasteiger partial charge in [-0.25, -0.2) is 0 Å². The van der Waals surface area contributed by atoms with E-state index in [4.69, 9.17) is 4.74 Å². The highest BCUT2D eigenvalue weighted by molar-refractivity contribution is 5.74. The summed E-state index contributed by atoms with van der Waals surface area (Å²) in [7, 11) is 1.63. The van der Waals surface area contributed by atoms with E-state index >= 15 is 0 Å². The molecule has 1 fully saturated rings. The van der Waals surface area contributed by atoms with Gasteiger partial charge in [0.05, 0.1) is 7.11 Å². The summed E-state index contributed by atoms with van der Waals surface area (Å²) in [5.41, 5.74) is 1.04. The van der Waals surface area contributed by atoms with Gasteiger partial charge in [-0.05, 0) is 43.4 Å². The third-order valence-electron chi connectivity index (χ3n) is 3.38. The quantitative estimate of drug-likeness (QED) is 0.811. The maximum absolute atomic E-state index is 11.2. The Bertz CT molecular complexity index is 429. The molecule has 0 aliphatic heterocycles. The van der Waals surface area contributed by atoms with Gasteiger partial charge >= 0.3 is 5.97 Å². The molecule has 1 unspecified atom stereocenters. The summed E-state index contributed by atoms with van der Waals surface area (Å²) < 4.78 is 5.17. The number of ether oxygens (including phenoxy) is 1. The number of carbonyl (C=O) groups is 1. The van der Waals surface area contributed by atoms with E-state index in [2.05, 4.69) is 5.32 Å². The lowest BCUT2D eigenvalue weighted by Crippen LogP contribution is -2.40. The van der Waals surface area contributed by atoms with Crippen LogP contribution in [0.15, 0.2) is 24.3 Å². The van der Waals surface area contributed by atoms with E-state index in [0.29, 0.717) is 0 Å². The van der Waals surface area contributed by atoms with Gasteiger partial charge in [0.2, 0.25) is 0 Å². The highest BCUT2D eigenvalue weighted by Crippen LogP contribution is 2.34. The molecule has 1 aromatic carbocycles. The first-order valence-corrected chi connectivity index (χ1v) is 6.24. The summed E-state index contributed by atoms with van der Waals surface area (Å²) >= 11 is 0. The molecule has 18 heavy (non-hydrogen) atoms. The zero-order valence-corrected chi connectivity index (χ0v) is 10.7. The smallest absolute Gasteiger partial charge is 0.320 e. The molecule has 0 amide bonds. The number of rotatable bonds is 6. The summed E-state index contributed by atoms with van der Waals surface area (Å²) in [5, 5.41) is 12.4. The Morgan fingerprint density at radius 2 is 2.22 bits per heavy atom. The van der Waals surface area contributed by atoms with Gasteiger partial charge in [-0.1, -0.05) is 12.1 Å². The summed E-state index contributed by atoms with van der Waals surface area (Å²) in [5.74, 6) is 0.322. The largest absolute Gasteiger partial charge is 0.497 e. The number of methoxy groups -OCH3 is 1. The summed E-state index contributed by atoms with van der Waals surface area (Å²) in [6.07, 6.45) is 2.02. The Labute approximate surface area is 107 Å². The maximum Gasteiger partial charge on any atom is 0.320 e. The van der Waals surface area contributed by atoms with Gasteiger partial charge in [0.15, 0.2) is 0 Å². The van der Waals surface area contributed by atoms with Crippen molar-refractivity contribution in [3.8, 4) is 5.75 Å². The van der Waals surface area contributed by atoms with Crippen LogP contribution < -0.4 is 10.1 Å². The number of aliphatic carboxylic acids is 1. The highest BCUT2D eigenvalue weighted by Gasteiger charge is 2.36. The number of nitrogens with one attached hydrogen (secondary N) is 1. The molecule has 0 spiro atoms. The third-order valence-corrected chi connectivity index (χ3v) is 3.38. The number of benzene rings is 1. The molecule has 0 saturated heterocycles. The average molecular weight is 249 g/mol. The van der Waals surface area contributed by atoms with Gasteiger partial charge in [0.25, 0.3) is 0 Å². The Morgan fingerprint density at radius 1 is 1.50 bits per heavy atom. The van der Waals surface area contributed by atoms with Crippen molar-refractivity contribution in [2.24, 2.45) is 5.92 Å². The van der Waals surface area contributed by atoms with Crippen LogP contribution in [0.5, 0.6) is 5.75 Å². The van der Waals surface area contributed by atoms with Crippen LogP contribution in [0.4, 0.5) is 0 Å². The predicted molar refractivity (Wildman–Crippen MR) is 68.7 cm³/mol. The van der Waals surface area contributed by atoms with Crippen LogP contribution in [-0.2, 0) is 4.79 Å². The van der Waals surface area contributed by atoms with Crippen LogP contribution in [0.25, 0.3) is 0 Å². The van der Waals surface area contributed by atoms with Crippen LogP contribution in [0.1, 0.15) is 31.4 Å². The molecule has 98 valence electrons. The van der Waals surface area contributed by atoms with E-state index < -0.39 is 12.0 Å². The molecule has 2 atom stereocenters. The van der Waals surface area contributed by atoms with Crippen molar-refractivity contribution in [2.75, 3.05) is 7.11 Å². The molecule has 4 heteroatoms. The summed E-state index contributed by atoms with van der Waals surface area (Å²) in [6.45, 7) is 1.98. The number of hydrogen-bond acceptors (Lipinski definition) is 3. The van der Waals surface area contributed by atoms with Crippen molar-refractivity contribution < 1.29 is 14.6 Å². The molecule has 1 aliphatic rings. The van der Waals surface area contributed by atoms with E-state index in [9.17, 15) is 9.90 Å². The van der Waals surface area contributed by atoms with E-state index in [1.54, 1.807) is 7.11 Å². The normalized spacial score (nSPS) is 18.1. The molecule has 0 bridgehead atoms. The number of carboxylic acids is 1. The number of hydrogen-bond donors (Lipinski definition) is 2. The minimum absolute atomic E-state index is 0.00167. The van der Waals surface area contributed by atoms with Crippen molar-refractivity contribution in [3.05, 3.63) is 29.8 Å². The maximum atomic E-state index is 11.2. The second-order valence-electron chi connectivity index (χ2n) is 4.82. The first-order chi connectivity index (χ1) is 8.61. The van der Waals surface area contributed by atoms with Gasteiger partial charge in [0, 0.05) is 6.04 Å². The zero-order chi connectivity index (χ0) is 13.1. The fourth-order valence-electron chi connectivity index (χ4n) is 2.11. The van der Waals surface area contributed by atoms with Crippen molar-refractivity contribution >= 4 is 5.97 Å². The molecule has 1 aromatic rings. The van der Waals surface area contributed by atoms with E-state index in [0.717, 1.165) is 24.2 Å². The minimum atomic E-state index is -0.757. The van der Waals surface area contributed by atoms with Gasteiger partial charge in [-0.15, -0.1) is 0 Å². The molecular formula is C14H19NO3. The highest BCUT2D eigenvalue weighted by atomic mass is 16.5. The lowest BCUT2D eigenvalue weighted by molar-refractivity contribution is -0.140. The minimum Gasteiger partial charge on any atom is -0.497 e. The van der Waals surface area contributed by atoms with Crippen LogP contribution in [0.2, 0.25) is 0 Å². The second kappa shape index (κ2) is 5.40. The van der Waals surface area contributed by atoms with Crippen molar-refractivity contribution in [1.29, 1.82) is 0 Å². The van der Waals surface area contributed by atoms with Crippen LogP contribution in [0, 0.1) is 5.92 Å². The average Bonchev–Trinajstić information content (AvgIpc) is 3.19. The standard InChI is InChI=1S/C14H19NO3/c1-9(11-4-3-5-12(8-11)18-2)15-13(14(16)17)10-6-7-10/h3-5,8-10,13,15H,6-7H2,1-2H3,(H,16,17)/t9-,13?/m1/s1. The van der Waals surface area contributed by atoms with Gasteiger partial charge in [-0.2, -0.15) is 0 Å². The van der Waals surface area contributed by atoms with Crippen LogP contribution in [-0.4, -0.2) is 24.2 Å². The molecule has 0 radical (unpaired) electrons. The Hall–Kier alpha value is -1.55. The molecule has 1 aliphatic carbocycles. The van der Waals surface area contributed by atoms with Crippen LogP contribution >= 0.6 is 0 Å². The van der Waals surface area contributed by atoms with E-state index in [1.165, 1.54) is 0 Å². The van der Waals surface area contributed by atoms with Gasteiger partial charge in [-0.3, -0.25) is 10.1 Å². The van der Waals surface area contributed by atoms with Crippen LogP contribution in [0.3, 0.4) is 0 Å². The second-order valence-corrected chi connectivity index (χ2v) is 4.82. The SMILES string of the molecule is COc1cccc([C@@H](C)NC(C(=O)O)C2CC2)c1. The first-order valence-electron chi connectivity index (χ1n) is 6.24. The summed E-state index contributed by atoms with van der Waals surface area (Å²) in [6, 6.07) is 7.27. The Morgan fingerprint density at radius 3 is 2.78 bits per heavy atom. The van der Waals surface area contributed by atoms with Gasteiger partial charge in [0.1, 0.15) is 11.8 Å². The molecule has 4 nitrogen and oxygen atoms in total. The Kier molecular flexibility index (Phi) is 3.87. The third kappa shape index (κ3) is 3.01. The molecule has 0 aromatic heterocycles. The lowest BCUT2D eigenvalue weighted by Gasteiger charge is -2.20. The molecule has 2 N–H and O–H groups in total. The molecule has 2 rings (SSSR count). The van der Waals surface area contributed by atoms with E-state index in [-0.39, 0.29) is 12.0 Å². The van der Waals surface area contributed by atoms with Crippen molar-refractivity contribution in [3.63, 3.8) is 0 Å². The number of carboxylic acid groups (broad SMARTS) is 1.